The molecule has 1 heterocycles. The second kappa shape index (κ2) is 8.43. The molecule has 7 nitrogen and oxygen atoms in total. The van der Waals surface area contributed by atoms with Crippen LogP contribution in [0.4, 0.5) is 0 Å². The van der Waals surface area contributed by atoms with Crippen LogP contribution in [0.3, 0.4) is 0 Å². The number of nitrogens with zero attached hydrogens (tertiary/aromatic N) is 2. The van der Waals surface area contributed by atoms with E-state index in [1.165, 1.54) is 16.4 Å². The Hall–Kier alpha value is -2.55. The third kappa shape index (κ3) is 4.79. The van der Waals surface area contributed by atoms with Crippen molar-refractivity contribution in [3.63, 3.8) is 0 Å². The summed E-state index contributed by atoms with van der Waals surface area (Å²) >= 11 is 0. The van der Waals surface area contributed by atoms with E-state index in [2.05, 4.69) is 10.5 Å². The summed E-state index contributed by atoms with van der Waals surface area (Å²) in [5, 5.41) is 3.94. The highest BCUT2D eigenvalue weighted by molar-refractivity contribution is 7.89. The van der Waals surface area contributed by atoms with Crippen LogP contribution in [-0.2, 0) is 14.8 Å². The van der Waals surface area contributed by atoms with Gasteiger partial charge in [-0.25, -0.2) is 13.8 Å². The van der Waals surface area contributed by atoms with Gasteiger partial charge in [0.2, 0.25) is 10.0 Å². The van der Waals surface area contributed by atoms with Gasteiger partial charge in [0.05, 0.1) is 24.3 Å². The average molecular weight is 387 g/mol. The van der Waals surface area contributed by atoms with Gasteiger partial charge < -0.3 is 4.74 Å². The van der Waals surface area contributed by atoms with Crippen molar-refractivity contribution < 1.29 is 17.9 Å². The van der Waals surface area contributed by atoms with Crippen molar-refractivity contribution in [2.45, 2.75) is 11.8 Å². The van der Waals surface area contributed by atoms with Crippen LogP contribution in [0.2, 0.25) is 0 Å². The molecule has 0 unspecified atom stereocenters. The van der Waals surface area contributed by atoms with E-state index in [0.29, 0.717) is 26.3 Å². The number of hydrazone groups is 1. The van der Waals surface area contributed by atoms with E-state index in [4.69, 9.17) is 4.74 Å². The smallest absolute Gasteiger partial charge is 0.271 e. The van der Waals surface area contributed by atoms with Crippen LogP contribution >= 0.6 is 0 Å². The van der Waals surface area contributed by atoms with Crippen molar-refractivity contribution in [3.8, 4) is 0 Å². The molecule has 0 aliphatic carbocycles. The highest BCUT2D eigenvalue weighted by Gasteiger charge is 2.26. The fourth-order valence-corrected chi connectivity index (χ4v) is 4.17. The van der Waals surface area contributed by atoms with Gasteiger partial charge in [-0.15, -0.1) is 0 Å². The number of carbonyl (C=O) groups excluding carboxylic acids is 1. The number of benzene rings is 2. The molecule has 1 aliphatic rings. The molecule has 1 fully saturated rings. The lowest BCUT2D eigenvalue weighted by molar-refractivity contribution is 0.0730. The second-order valence-corrected chi connectivity index (χ2v) is 8.10. The monoisotopic (exact) mass is 387 g/mol. The van der Waals surface area contributed by atoms with E-state index in [9.17, 15) is 13.2 Å². The van der Waals surface area contributed by atoms with Crippen molar-refractivity contribution in [1.29, 1.82) is 0 Å². The Kier molecular flexibility index (Phi) is 6.00. The summed E-state index contributed by atoms with van der Waals surface area (Å²) in [5.74, 6) is -0.474. The van der Waals surface area contributed by atoms with Gasteiger partial charge in [-0.05, 0) is 30.7 Å². The normalized spacial score (nSPS) is 15.7. The number of hydrogen-bond donors (Lipinski definition) is 1. The van der Waals surface area contributed by atoms with Gasteiger partial charge in [0.15, 0.2) is 0 Å². The number of hydrogen-bond acceptors (Lipinski definition) is 5. The SMILES string of the molecule is Cc1cccc(C=NNC(=O)c2cccc(S(=O)(=O)N3CCOCC3)c2)c1. The van der Waals surface area contributed by atoms with Crippen LogP contribution in [0.1, 0.15) is 21.5 Å². The molecule has 2 aromatic rings. The lowest BCUT2D eigenvalue weighted by Crippen LogP contribution is -2.40. The minimum Gasteiger partial charge on any atom is -0.379 e. The van der Waals surface area contributed by atoms with E-state index in [-0.39, 0.29) is 10.5 Å². The maximum absolute atomic E-state index is 12.7. The van der Waals surface area contributed by atoms with Crippen LogP contribution in [0.5, 0.6) is 0 Å². The number of amides is 1. The van der Waals surface area contributed by atoms with E-state index >= 15 is 0 Å². The van der Waals surface area contributed by atoms with Crippen molar-refractivity contribution in [2.24, 2.45) is 5.10 Å². The van der Waals surface area contributed by atoms with Gasteiger partial charge in [0.1, 0.15) is 0 Å². The van der Waals surface area contributed by atoms with E-state index in [1.807, 2.05) is 31.2 Å². The zero-order valence-corrected chi connectivity index (χ0v) is 15.8. The predicted octanol–water partition coefficient (Wildman–Crippen LogP) is 1.78. The molecule has 0 aromatic heterocycles. The van der Waals surface area contributed by atoms with E-state index in [1.54, 1.807) is 18.3 Å². The fourth-order valence-electron chi connectivity index (χ4n) is 2.71. The zero-order valence-electron chi connectivity index (χ0n) is 15.0. The summed E-state index contributed by atoms with van der Waals surface area (Å²) in [6.07, 6.45) is 1.54. The molecule has 0 atom stereocenters. The Morgan fingerprint density at radius 3 is 2.63 bits per heavy atom. The van der Waals surface area contributed by atoms with Gasteiger partial charge >= 0.3 is 0 Å². The molecule has 27 heavy (non-hydrogen) atoms. The van der Waals surface area contributed by atoms with E-state index < -0.39 is 15.9 Å². The molecule has 1 N–H and O–H groups in total. The number of carbonyl (C=O) groups is 1. The topological polar surface area (TPSA) is 88.1 Å². The first-order valence-electron chi connectivity index (χ1n) is 8.55. The molecule has 1 aliphatic heterocycles. The number of sulfonamides is 1. The fraction of sp³-hybridized carbons (Fsp3) is 0.263. The summed E-state index contributed by atoms with van der Waals surface area (Å²) in [6.45, 7) is 3.32. The molecule has 1 amide bonds. The van der Waals surface area contributed by atoms with Crippen molar-refractivity contribution >= 4 is 22.1 Å². The summed E-state index contributed by atoms with van der Waals surface area (Å²) in [5.41, 5.74) is 4.60. The number of aryl methyl sites for hydroxylation is 1. The van der Waals surface area contributed by atoms with Gasteiger partial charge in [0.25, 0.3) is 5.91 Å². The van der Waals surface area contributed by atoms with Gasteiger partial charge in [-0.2, -0.15) is 9.41 Å². The summed E-state index contributed by atoms with van der Waals surface area (Å²) in [6, 6.07) is 13.6. The first-order chi connectivity index (χ1) is 13.0. The molecule has 1 saturated heterocycles. The molecule has 0 radical (unpaired) electrons. The third-order valence-corrected chi connectivity index (χ3v) is 6.02. The molecule has 0 spiro atoms. The Morgan fingerprint density at radius 1 is 1.15 bits per heavy atom. The summed E-state index contributed by atoms with van der Waals surface area (Å²) in [4.78, 5) is 12.4. The zero-order chi connectivity index (χ0) is 19.3. The lowest BCUT2D eigenvalue weighted by Gasteiger charge is -2.26. The molecule has 142 valence electrons. The van der Waals surface area contributed by atoms with Crippen LogP contribution in [0.15, 0.2) is 58.5 Å². The lowest BCUT2D eigenvalue weighted by atomic mass is 10.2. The van der Waals surface area contributed by atoms with Gasteiger partial charge in [-0.1, -0.05) is 35.9 Å². The first kappa shape index (κ1) is 19.2. The number of nitrogens with one attached hydrogen (secondary N) is 1. The van der Waals surface area contributed by atoms with Crippen molar-refractivity contribution in [1.82, 2.24) is 9.73 Å². The quantitative estimate of drug-likeness (QED) is 0.626. The maximum Gasteiger partial charge on any atom is 0.271 e. The third-order valence-electron chi connectivity index (χ3n) is 4.13. The summed E-state index contributed by atoms with van der Waals surface area (Å²) in [7, 11) is -3.65. The van der Waals surface area contributed by atoms with Crippen LogP contribution in [-0.4, -0.2) is 51.1 Å². The largest absolute Gasteiger partial charge is 0.379 e. The number of ether oxygens (including phenoxy) is 1. The second-order valence-electron chi connectivity index (χ2n) is 6.16. The molecule has 0 bridgehead atoms. The molecular weight excluding hydrogens is 366 g/mol. The first-order valence-corrected chi connectivity index (χ1v) is 9.99. The maximum atomic E-state index is 12.7. The van der Waals surface area contributed by atoms with Crippen LogP contribution in [0, 0.1) is 6.92 Å². The Labute approximate surface area is 158 Å². The number of rotatable bonds is 5. The highest BCUT2D eigenvalue weighted by Crippen LogP contribution is 2.18. The molecule has 2 aromatic carbocycles. The number of morpholine rings is 1. The molecule has 3 rings (SSSR count). The average Bonchev–Trinajstić information content (AvgIpc) is 2.69. The Bertz CT molecular complexity index is 951. The highest BCUT2D eigenvalue weighted by atomic mass is 32.2. The van der Waals surface area contributed by atoms with Crippen LogP contribution < -0.4 is 5.43 Å². The van der Waals surface area contributed by atoms with Crippen molar-refractivity contribution in [2.75, 3.05) is 26.3 Å². The standard InChI is InChI=1S/C19H21N3O4S/c1-15-4-2-5-16(12-15)14-20-21-19(23)17-6-3-7-18(13-17)27(24,25)22-8-10-26-11-9-22/h2-7,12-14H,8-11H2,1H3,(H,21,23). The van der Waals surface area contributed by atoms with Gasteiger partial charge in [0, 0.05) is 18.7 Å². The molecular formula is C19H21N3O4S. The Morgan fingerprint density at radius 2 is 1.89 bits per heavy atom. The van der Waals surface area contributed by atoms with Gasteiger partial charge in [-0.3, -0.25) is 4.79 Å². The predicted molar refractivity (Wildman–Crippen MR) is 102 cm³/mol. The van der Waals surface area contributed by atoms with E-state index in [0.717, 1.165) is 11.1 Å². The summed E-state index contributed by atoms with van der Waals surface area (Å²) < 4.78 is 32.0. The molecule has 8 heteroatoms. The Balaban J connectivity index is 1.72. The van der Waals surface area contributed by atoms with Crippen molar-refractivity contribution in [3.05, 3.63) is 65.2 Å². The van der Waals surface area contributed by atoms with Crippen LogP contribution in [0.25, 0.3) is 0 Å². The molecule has 0 saturated carbocycles. The minimum absolute atomic E-state index is 0.0831. The minimum atomic E-state index is -3.65.